The molecule has 2 rings (SSSR count). The lowest BCUT2D eigenvalue weighted by atomic mass is 10.0. The van der Waals surface area contributed by atoms with Crippen molar-refractivity contribution in [1.29, 1.82) is 0 Å². The van der Waals surface area contributed by atoms with E-state index in [-0.39, 0.29) is 23.6 Å². The Balaban J connectivity index is 2.41. The van der Waals surface area contributed by atoms with Crippen LogP contribution >= 0.6 is 11.3 Å². The van der Waals surface area contributed by atoms with Crippen LogP contribution in [0.2, 0.25) is 0 Å². The summed E-state index contributed by atoms with van der Waals surface area (Å²) in [6, 6.07) is 1.69. The number of ether oxygens (including phenoxy) is 1. The highest BCUT2D eigenvalue weighted by Crippen LogP contribution is 2.20. The van der Waals surface area contributed by atoms with Gasteiger partial charge in [0.25, 0.3) is 0 Å². The monoisotopic (exact) mass is 265 g/mol. The number of hydrogen-bond acceptors (Lipinski definition) is 6. The molecule has 0 aromatic carbocycles. The highest BCUT2D eigenvalue weighted by molar-refractivity contribution is 7.08. The SMILES string of the molecule is CCOC(=O)c1noc(C)c1C(=O)c1ccsc1. The van der Waals surface area contributed by atoms with Gasteiger partial charge in [0.15, 0.2) is 5.78 Å². The fourth-order valence-corrected chi connectivity index (χ4v) is 2.15. The predicted molar refractivity (Wildman–Crippen MR) is 64.9 cm³/mol. The van der Waals surface area contributed by atoms with Gasteiger partial charge in [-0.25, -0.2) is 4.79 Å². The van der Waals surface area contributed by atoms with Gasteiger partial charge in [-0.05, 0) is 25.3 Å². The van der Waals surface area contributed by atoms with E-state index >= 15 is 0 Å². The molecule has 0 aliphatic rings. The van der Waals surface area contributed by atoms with Crippen molar-refractivity contribution in [2.24, 2.45) is 0 Å². The first kappa shape index (κ1) is 12.5. The van der Waals surface area contributed by atoms with Gasteiger partial charge >= 0.3 is 5.97 Å². The number of nitrogens with zero attached hydrogens (tertiary/aromatic N) is 1. The Labute approximate surface area is 107 Å². The standard InChI is InChI=1S/C12H11NO4S/c1-3-16-12(15)10-9(7(2)17-13-10)11(14)8-4-5-18-6-8/h4-6H,3H2,1-2H3. The summed E-state index contributed by atoms with van der Waals surface area (Å²) in [4.78, 5) is 23.9. The highest BCUT2D eigenvalue weighted by atomic mass is 32.1. The molecule has 2 aromatic heterocycles. The maximum atomic E-state index is 12.2. The van der Waals surface area contributed by atoms with Gasteiger partial charge in [-0.1, -0.05) is 5.16 Å². The first-order valence-electron chi connectivity index (χ1n) is 5.35. The molecule has 0 radical (unpaired) electrons. The molecule has 0 saturated carbocycles. The minimum atomic E-state index is -0.645. The zero-order valence-corrected chi connectivity index (χ0v) is 10.7. The predicted octanol–water partition coefficient (Wildman–Crippen LogP) is 2.45. The quantitative estimate of drug-likeness (QED) is 0.627. The molecular formula is C12H11NO4S. The van der Waals surface area contributed by atoms with Crippen LogP contribution in [0.4, 0.5) is 0 Å². The van der Waals surface area contributed by atoms with Crippen LogP contribution in [-0.2, 0) is 4.74 Å². The molecule has 0 unspecified atom stereocenters. The zero-order chi connectivity index (χ0) is 13.1. The lowest BCUT2D eigenvalue weighted by Gasteiger charge is -2.00. The van der Waals surface area contributed by atoms with Crippen LogP contribution in [0.5, 0.6) is 0 Å². The smallest absolute Gasteiger partial charge is 0.361 e. The van der Waals surface area contributed by atoms with Gasteiger partial charge in [-0.15, -0.1) is 0 Å². The molecule has 0 aliphatic heterocycles. The van der Waals surface area contributed by atoms with Gasteiger partial charge in [0, 0.05) is 10.9 Å². The van der Waals surface area contributed by atoms with Gasteiger partial charge in [-0.2, -0.15) is 11.3 Å². The molecule has 0 spiro atoms. The number of aromatic nitrogens is 1. The van der Waals surface area contributed by atoms with Crippen LogP contribution < -0.4 is 0 Å². The van der Waals surface area contributed by atoms with E-state index in [4.69, 9.17) is 9.26 Å². The topological polar surface area (TPSA) is 69.4 Å². The van der Waals surface area contributed by atoms with Crippen molar-refractivity contribution in [2.75, 3.05) is 6.61 Å². The third kappa shape index (κ3) is 2.19. The van der Waals surface area contributed by atoms with E-state index in [1.54, 1.807) is 30.7 Å². The molecule has 2 aromatic rings. The Morgan fingerprint density at radius 1 is 1.50 bits per heavy atom. The van der Waals surface area contributed by atoms with Crippen molar-refractivity contribution < 1.29 is 18.8 Å². The van der Waals surface area contributed by atoms with E-state index in [0.717, 1.165) is 0 Å². The largest absolute Gasteiger partial charge is 0.461 e. The summed E-state index contributed by atoms with van der Waals surface area (Å²) in [7, 11) is 0. The first-order chi connectivity index (χ1) is 8.65. The number of aryl methyl sites for hydroxylation is 1. The molecule has 0 aliphatic carbocycles. The number of rotatable bonds is 4. The van der Waals surface area contributed by atoms with Gasteiger partial charge in [0.05, 0.1) is 12.2 Å². The van der Waals surface area contributed by atoms with Crippen LogP contribution in [0.25, 0.3) is 0 Å². The molecule has 94 valence electrons. The van der Waals surface area contributed by atoms with Crippen molar-refractivity contribution >= 4 is 23.1 Å². The molecule has 0 bridgehead atoms. The summed E-state index contributed by atoms with van der Waals surface area (Å²) in [6.07, 6.45) is 0. The molecule has 0 saturated heterocycles. The Morgan fingerprint density at radius 2 is 2.28 bits per heavy atom. The molecule has 2 heterocycles. The third-order valence-corrected chi connectivity index (χ3v) is 3.03. The van der Waals surface area contributed by atoms with Gasteiger partial charge in [0.2, 0.25) is 5.69 Å². The zero-order valence-electron chi connectivity index (χ0n) is 9.93. The molecule has 0 fully saturated rings. The second-order valence-electron chi connectivity index (χ2n) is 3.52. The number of carbonyl (C=O) groups is 2. The number of esters is 1. The molecule has 0 amide bonds. The average molecular weight is 265 g/mol. The van der Waals surface area contributed by atoms with Crippen molar-refractivity contribution in [3.05, 3.63) is 39.4 Å². The van der Waals surface area contributed by atoms with Crippen LogP contribution in [0.1, 0.15) is 39.1 Å². The fraction of sp³-hybridized carbons (Fsp3) is 0.250. The van der Waals surface area contributed by atoms with Crippen LogP contribution in [0.3, 0.4) is 0 Å². The maximum Gasteiger partial charge on any atom is 0.361 e. The molecule has 0 atom stereocenters. The second kappa shape index (κ2) is 5.14. The van der Waals surface area contributed by atoms with Gasteiger partial charge in [-0.3, -0.25) is 4.79 Å². The van der Waals surface area contributed by atoms with Gasteiger partial charge < -0.3 is 9.26 Å². The van der Waals surface area contributed by atoms with Crippen molar-refractivity contribution in [3.63, 3.8) is 0 Å². The number of thiophene rings is 1. The number of carbonyl (C=O) groups excluding carboxylic acids is 2. The Bertz CT molecular complexity index is 571. The summed E-state index contributed by atoms with van der Waals surface area (Å²) in [5.74, 6) is -0.611. The van der Waals surface area contributed by atoms with E-state index in [0.29, 0.717) is 11.3 Å². The van der Waals surface area contributed by atoms with E-state index in [2.05, 4.69) is 5.16 Å². The van der Waals surface area contributed by atoms with E-state index in [1.807, 2.05) is 0 Å². The average Bonchev–Trinajstić information content (AvgIpc) is 2.97. The Morgan fingerprint density at radius 3 is 2.89 bits per heavy atom. The van der Waals surface area contributed by atoms with Crippen molar-refractivity contribution in [1.82, 2.24) is 5.16 Å². The maximum absolute atomic E-state index is 12.2. The van der Waals surface area contributed by atoms with E-state index < -0.39 is 5.97 Å². The van der Waals surface area contributed by atoms with E-state index in [9.17, 15) is 9.59 Å². The summed E-state index contributed by atoms with van der Waals surface area (Å²) in [5.41, 5.74) is 0.620. The fourth-order valence-electron chi connectivity index (χ4n) is 1.52. The third-order valence-electron chi connectivity index (χ3n) is 2.34. The van der Waals surface area contributed by atoms with Crippen molar-refractivity contribution in [3.8, 4) is 0 Å². The summed E-state index contributed by atoms with van der Waals surface area (Å²) >= 11 is 1.41. The van der Waals surface area contributed by atoms with Crippen LogP contribution in [-0.4, -0.2) is 23.5 Å². The highest BCUT2D eigenvalue weighted by Gasteiger charge is 2.27. The molecule has 18 heavy (non-hydrogen) atoms. The Hall–Kier alpha value is -1.95. The van der Waals surface area contributed by atoms with E-state index in [1.165, 1.54) is 11.3 Å². The minimum absolute atomic E-state index is 0.0643. The minimum Gasteiger partial charge on any atom is -0.461 e. The molecule has 6 heteroatoms. The second-order valence-corrected chi connectivity index (χ2v) is 4.30. The molecule has 0 N–H and O–H groups in total. The van der Waals surface area contributed by atoms with Crippen molar-refractivity contribution in [2.45, 2.75) is 13.8 Å². The summed E-state index contributed by atoms with van der Waals surface area (Å²) < 4.78 is 9.75. The molecule has 5 nitrogen and oxygen atoms in total. The lowest BCUT2D eigenvalue weighted by Crippen LogP contribution is -2.12. The summed E-state index contributed by atoms with van der Waals surface area (Å²) in [5, 5.41) is 7.10. The van der Waals surface area contributed by atoms with Crippen LogP contribution in [0, 0.1) is 6.92 Å². The number of hydrogen-bond donors (Lipinski definition) is 0. The Kier molecular flexibility index (Phi) is 3.57. The normalized spacial score (nSPS) is 10.3. The van der Waals surface area contributed by atoms with Gasteiger partial charge in [0.1, 0.15) is 5.76 Å². The summed E-state index contributed by atoms with van der Waals surface area (Å²) in [6.45, 7) is 3.50. The van der Waals surface area contributed by atoms with Crippen LogP contribution in [0.15, 0.2) is 21.3 Å². The number of ketones is 1. The first-order valence-corrected chi connectivity index (χ1v) is 6.29. The lowest BCUT2D eigenvalue weighted by molar-refractivity contribution is 0.0512. The molecular weight excluding hydrogens is 254 g/mol.